The van der Waals surface area contributed by atoms with E-state index >= 15 is 0 Å². The van der Waals surface area contributed by atoms with E-state index in [1.165, 1.54) is 27.6 Å². The number of aromatic nitrogens is 4. The Labute approximate surface area is 280 Å². The van der Waals surface area contributed by atoms with Crippen molar-refractivity contribution >= 4 is 49.1 Å². The number of pyridine rings is 2. The molecule has 6 heteroatoms. The van der Waals surface area contributed by atoms with Gasteiger partial charge in [0.25, 0.3) is 0 Å². The summed E-state index contributed by atoms with van der Waals surface area (Å²) in [6, 6.07) is 42.6. The summed E-state index contributed by atoms with van der Waals surface area (Å²) in [5.74, 6) is 2.05. The van der Waals surface area contributed by atoms with Crippen molar-refractivity contribution in [1.82, 2.24) is 18.9 Å². The van der Waals surface area contributed by atoms with Gasteiger partial charge in [-0.3, -0.25) is 4.98 Å². The van der Waals surface area contributed by atoms with Crippen LogP contribution in [-0.4, -0.2) is 18.9 Å². The van der Waals surface area contributed by atoms with E-state index in [1.807, 2.05) is 55.0 Å². The number of hydrogen-bond donors (Lipinski definition) is 0. The molecule has 5 aromatic carbocycles. The smallest absolute Gasteiger partial charge is 0.503 e. The SMILES string of the molecule is Cc1cccc(C)c1-c1cccc2c1c1ccc(Oc3[c-]c4c(cc3)c3ccccc3n4-c3ccccn3)[c-]c1c1nccn21.[Pt+2]. The van der Waals surface area contributed by atoms with Crippen molar-refractivity contribution in [3.05, 3.63) is 145 Å². The predicted octanol–water partition coefficient (Wildman–Crippen LogP) is 9.81. The van der Waals surface area contributed by atoms with Crippen molar-refractivity contribution in [2.24, 2.45) is 0 Å². The number of benzene rings is 5. The van der Waals surface area contributed by atoms with Crippen LogP contribution in [0.25, 0.3) is 66.1 Å². The fourth-order valence-electron chi connectivity index (χ4n) is 6.85. The minimum atomic E-state index is 0. The van der Waals surface area contributed by atoms with E-state index < -0.39 is 0 Å². The van der Waals surface area contributed by atoms with E-state index in [0.29, 0.717) is 11.5 Å². The molecule has 5 nitrogen and oxygen atoms in total. The molecule has 0 saturated heterocycles. The standard InChI is InChI=1S/C40H26N4O.Pt/c1-25-9-7-10-26(2)38(25)32-12-8-14-35-39(32)31-19-17-27(23-33(31)40-42-21-22-43(35)40)45-28-16-18-30-29-11-3-4-13-34(29)44(36(30)24-28)37-15-5-6-20-41-37;/h3-22H,1-2H3;/q-2;+2. The zero-order valence-electron chi connectivity index (χ0n) is 25.1. The molecule has 0 bridgehead atoms. The molecule has 0 amide bonds. The normalized spacial score (nSPS) is 11.5. The quantitative estimate of drug-likeness (QED) is 0.132. The van der Waals surface area contributed by atoms with Crippen LogP contribution in [0, 0.1) is 26.0 Å². The third-order valence-corrected chi connectivity index (χ3v) is 8.76. The molecular formula is C40H26N4OPt. The van der Waals surface area contributed by atoms with Gasteiger partial charge in [-0.1, -0.05) is 77.0 Å². The number of ether oxygens (including phenoxy) is 1. The Bertz CT molecular complexity index is 2580. The second-order valence-corrected chi connectivity index (χ2v) is 11.4. The van der Waals surface area contributed by atoms with E-state index in [1.54, 1.807) is 0 Å². The van der Waals surface area contributed by atoms with E-state index in [2.05, 4.69) is 107 Å². The summed E-state index contributed by atoms with van der Waals surface area (Å²) in [7, 11) is 0. The molecule has 4 heterocycles. The number of rotatable bonds is 4. The summed E-state index contributed by atoms with van der Waals surface area (Å²) < 4.78 is 10.8. The average Bonchev–Trinajstić information content (AvgIpc) is 3.69. The number of hydrogen-bond acceptors (Lipinski definition) is 3. The molecule has 4 aromatic heterocycles. The number of imidazole rings is 1. The van der Waals surface area contributed by atoms with Crippen molar-refractivity contribution in [1.29, 1.82) is 0 Å². The number of para-hydroxylation sites is 1. The molecule has 0 aliphatic carbocycles. The average molecular weight is 774 g/mol. The van der Waals surface area contributed by atoms with Gasteiger partial charge in [-0.05, 0) is 71.1 Å². The molecule has 0 atom stereocenters. The van der Waals surface area contributed by atoms with Gasteiger partial charge >= 0.3 is 21.1 Å². The molecule has 222 valence electrons. The molecule has 0 N–H and O–H groups in total. The van der Waals surface area contributed by atoms with Gasteiger partial charge in [0.1, 0.15) is 5.82 Å². The van der Waals surface area contributed by atoms with Crippen LogP contribution in [-0.2, 0) is 21.1 Å². The molecule has 46 heavy (non-hydrogen) atoms. The van der Waals surface area contributed by atoms with Crippen LogP contribution in [0.15, 0.2) is 122 Å². The van der Waals surface area contributed by atoms with Crippen molar-refractivity contribution in [3.8, 4) is 28.4 Å². The van der Waals surface area contributed by atoms with Crippen molar-refractivity contribution in [3.63, 3.8) is 0 Å². The molecule has 0 unspecified atom stereocenters. The fraction of sp³-hybridized carbons (Fsp3) is 0.0500. The molecule has 0 spiro atoms. The number of aryl methyl sites for hydroxylation is 2. The minimum absolute atomic E-state index is 0. The molecule has 0 aliphatic rings. The third kappa shape index (κ3) is 4.27. The summed E-state index contributed by atoms with van der Waals surface area (Å²) in [4.78, 5) is 9.40. The van der Waals surface area contributed by atoms with Crippen LogP contribution >= 0.6 is 0 Å². The maximum Gasteiger partial charge on any atom is 2.00 e. The van der Waals surface area contributed by atoms with Gasteiger partial charge in [0.15, 0.2) is 0 Å². The Morgan fingerprint density at radius 2 is 1.37 bits per heavy atom. The molecule has 0 saturated carbocycles. The Morgan fingerprint density at radius 1 is 0.630 bits per heavy atom. The maximum atomic E-state index is 6.49. The van der Waals surface area contributed by atoms with Crippen molar-refractivity contribution in [2.75, 3.05) is 0 Å². The van der Waals surface area contributed by atoms with E-state index in [9.17, 15) is 0 Å². The first-order valence-electron chi connectivity index (χ1n) is 15.0. The number of nitrogens with zero attached hydrogens (tertiary/aromatic N) is 4. The van der Waals surface area contributed by atoms with Crippen LogP contribution in [0.1, 0.15) is 11.1 Å². The molecular weight excluding hydrogens is 748 g/mol. The van der Waals surface area contributed by atoms with Gasteiger partial charge in [-0.15, -0.1) is 29.7 Å². The molecule has 9 rings (SSSR count). The fourth-order valence-corrected chi connectivity index (χ4v) is 6.85. The number of fused-ring (bicyclic) bond motifs is 9. The Morgan fingerprint density at radius 3 is 2.20 bits per heavy atom. The van der Waals surface area contributed by atoms with Gasteiger partial charge in [-0.2, -0.15) is 6.07 Å². The second kappa shape index (κ2) is 11.0. The zero-order chi connectivity index (χ0) is 30.1. The van der Waals surface area contributed by atoms with Crippen LogP contribution in [0.3, 0.4) is 0 Å². The summed E-state index contributed by atoms with van der Waals surface area (Å²) >= 11 is 0. The predicted molar refractivity (Wildman–Crippen MR) is 181 cm³/mol. The van der Waals surface area contributed by atoms with Crippen LogP contribution in [0.2, 0.25) is 0 Å². The van der Waals surface area contributed by atoms with Gasteiger partial charge in [0.2, 0.25) is 0 Å². The monoisotopic (exact) mass is 773 g/mol. The molecule has 9 aromatic rings. The van der Waals surface area contributed by atoms with E-state index in [0.717, 1.165) is 49.6 Å². The topological polar surface area (TPSA) is 44.3 Å². The van der Waals surface area contributed by atoms with E-state index in [4.69, 9.17) is 9.72 Å². The van der Waals surface area contributed by atoms with E-state index in [-0.39, 0.29) is 21.1 Å². The summed E-state index contributed by atoms with van der Waals surface area (Å²) in [6.45, 7) is 4.36. The molecule has 0 fully saturated rings. The minimum Gasteiger partial charge on any atom is -0.503 e. The summed E-state index contributed by atoms with van der Waals surface area (Å²) in [5.41, 5.74) is 8.90. The maximum absolute atomic E-state index is 6.49. The van der Waals surface area contributed by atoms with Gasteiger partial charge in [-0.25, -0.2) is 4.98 Å². The first-order chi connectivity index (χ1) is 22.2. The first kappa shape index (κ1) is 28.2. The van der Waals surface area contributed by atoms with Gasteiger partial charge in [0.05, 0.1) is 5.65 Å². The third-order valence-electron chi connectivity index (χ3n) is 8.76. The first-order valence-corrected chi connectivity index (χ1v) is 15.0. The Kier molecular flexibility index (Phi) is 6.74. The van der Waals surface area contributed by atoms with Crippen LogP contribution < -0.4 is 4.74 Å². The summed E-state index contributed by atoms with van der Waals surface area (Å²) in [6.07, 6.45) is 5.68. The Hall–Kier alpha value is -5.25. The zero-order valence-corrected chi connectivity index (χ0v) is 27.3. The second-order valence-electron chi connectivity index (χ2n) is 11.4. The van der Waals surface area contributed by atoms with Gasteiger partial charge < -0.3 is 13.7 Å². The summed E-state index contributed by atoms with van der Waals surface area (Å²) in [5, 5.41) is 5.41. The largest absolute Gasteiger partial charge is 2.00 e. The van der Waals surface area contributed by atoms with Crippen LogP contribution in [0.5, 0.6) is 11.5 Å². The van der Waals surface area contributed by atoms with Crippen molar-refractivity contribution in [2.45, 2.75) is 13.8 Å². The molecule has 0 aliphatic heterocycles. The molecule has 0 radical (unpaired) electrons. The van der Waals surface area contributed by atoms with Crippen LogP contribution in [0.4, 0.5) is 0 Å². The van der Waals surface area contributed by atoms with Gasteiger partial charge in [0, 0.05) is 41.1 Å². The Balaban J connectivity index is 0.00000312. The van der Waals surface area contributed by atoms with Crippen molar-refractivity contribution < 1.29 is 25.8 Å².